The van der Waals surface area contributed by atoms with Crippen molar-refractivity contribution >= 4 is 25.3 Å². The van der Waals surface area contributed by atoms with E-state index in [2.05, 4.69) is 0 Å². The lowest BCUT2D eigenvalue weighted by atomic mass is 10.1. The molecule has 0 aliphatic heterocycles. The summed E-state index contributed by atoms with van der Waals surface area (Å²) >= 11 is 0. The predicted octanol–water partition coefficient (Wildman–Crippen LogP) is -1.01. The number of carboxylic acids is 3. The number of hydrogen-bond donors (Lipinski definition) is 4. The zero-order chi connectivity index (χ0) is 15.9. The molecule has 3 atom stereocenters. The van der Waals surface area contributed by atoms with Crippen LogP contribution in [0.2, 0.25) is 0 Å². The number of nitrogens with two attached hydrogens (primary N) is 1. The van der Waals surface area contributed by atoms with Crippen LogP contribution in [0.25, 0.3) is 0 Å². The number of rotatable bonds is 10. The van der Waals surface area contributed by atoms with Gasteiger partial charge in [-0.05, 0) is 19.0 Å². The lowest BCUT2D eigenvalue weighted by Crippen LogP contribution is -2.32. The van der Waals surface area contributed by atoms with Crippen LogP contribution in [0.1, 0.15) is 19.3 Å². The molecule has 0 bridgehead atoms. The first-order valence-electron chi connectivity index (χ1n) is 5.77. The molecule has 10 heteroatoms. The van der Waals surface area contributed by atoms with E-state index in [1.807, 2.05) is 0 Å². The van der Waals surface area contributed by atoms with Crippen LogP contribution in [0.3, 0.4) is 0 Å². The van der Waals surface area contributed by atoms with Gasteiger partial charge < -0.3 is 30.5 Å². The summed E-state index contributed by atoms with van der Waals surface area (Å²) in [6.45, 7) is 0. The first-order chi connectivity index (χ1) is 9.05. The molecule has 0 aromatic rings. The Balaban J connectivity index is 4.51. The van der Waals surface area contributed by atoms with Gasteiger partial charge in [0.1, 0.15) is 6.04 Å². The molecule has 0 fully saturated rings. The van der Waals surface area contributed by atoms with E-state index in [9.17, 15) is 23.8 Å². The zero-order valence-electron chi connectivity index (χ0n) is 10.6. The van der Waals surface area contributed by atoms with Crippen LogP contribution in [-0.2, 0) is 18.9 Å². The topological polar surface area (TPSA) is 178 Å². The molecule has 0 radical (unpaired) electrons. The molecule has 0 aliphatic carbocycles. The van der Waals surface area contributed by atoms with Gasteiger partial charge in [-0.3, -0.25) is 14.4 Å². The SMILES string of the molecule is NC(CCP(=O)([O-])CC(CCC(=O)O)C(=O)O)C(=O)O. The Morgan fingerprint density at radius 1 is 1.10 bits per heavy atom. The van der Waals surface area contributed by atoms with Crippen molar-refractivity contribution in [2.45, 2.75) is 25.3 Å². The molecular weight excluding hydrogens is 293 g/mol. The third-order valence-corrected chi connectivity index (χ3v) is 4.59. The Bertz CT molecular complexity index is 423. The largest absolute Gasteiger partial charge is 0.799 e. The van der Waals surface area contributed by atoms with Crippen molar-refractivity contribution in [1.29, 1.82) is 0 Å². The lowest BCUT2D eigenvalue weighted by Gasteiger charge is -2.27. The molecule has 9 nitrogen and oxygen atoms in total. The molecule has 0 rings (SSSR count). The van der Waals surface area contributed by atoms with Crippen LogP contribution >= 0.6 is 7.37 Å². The molecule has 0 heterocycles. The van der Waals surface area contributed by atoms with Crippen molar-refractivity contribution in [3.05, 3.63) is 0 Å². The molecule has 0 aromatic carbocycles. The smallest absolute Gasteiger partial charge is 0.320 e. The Morgan fingerprint density at radius 3 is 2.05 bits per heavy atom. The Kier molecular flexibility index (Phi) is 7.41. The zero-order valence-corrected chi connectivity index (χ0v) is 11.5. The van der Waals surface area contributed by atoms with Gasteiger partial charge >= 0.3 is 17.9 Å². The van der Waals surface area contributed by atoms with Crippen molar-refractivity contribution in [1.82, 2.24) is 0 Å². The summed E-state index contributed by atoms with van der Waals surface area (Å²) in [5.41, 5.74) is 5.16. The van der Waals surface area contributed by atoms with E-state index in [1.165, 1.54) is 0 Å². The van der Waals surface area contributed by atoms with Gasteiger partial charge in [0.15, 0.2) is 0 Å². The van der Waals surface area contributed by atoms with Gasteiger partial charge in [-0.1, -0.05) is 0 Å². The van der Waals surface area contributed by atoms with Gasteiger partial charge in [-0.15, -0.1) is 0 Å². The van der Waals surface area contributed by atoms with Crippen LogP contribution in [0, 0.1) is 5.92 Å². The summed E-state index contributed by atoms with van der Waals surface area (Å²) in [5, 5.41) is 25.8. The molecule has 3 unspecified atom stereocenters. The fraction of sp³-hybridized carbons (Fsp3) is 0.700. The summed E-state index contributed by atoms with van der Waals surface area (Å²) in [6.07, 6.45) is -2.31. The normalized spacial score (nSPS) is 16.9. The number of carboxylic acid groups (broad SMARTS) is 3. The first kappa shape index (κ1) is 18.6. The maximum atomic E-state index is 11.7. The van der Waals surface area contributed by atoms with Crippen LogP contribution in [0.5, 0.6) is 0 Å². The summed E-state index contributed by atoms with van der Waals surface area (Å²) in [7, 11) is -4.12. The van der Waals surface area contributed by atoms with E-state index < -0.39 is 56.0 Å². The second kappa shape index (κ2) is 7.98. The van der Waals surface area contributed by atoms with Gasteiger partial charge in [0.2, 0.25) is 0 Å². The van der Waals surface area contributed by atoms with Gasteiger partial charge in [-0.25, -0.2) is 0 Å². The Morgan fingerprint density at radius 2 is 1.65 bits per heavy atom. The summed E-state index contributed by atoms with van der Waals surface area (Å²) < 4.78 is 11.7. The van der Waals surface area contributed by atoms with E-state index >= 15 is 0 Å². The van der Waals surface area contributed by atoms with Crippen molar-refractivity contribution in [3.8, 4) is 0 Å². The first-order valence-corrected chi connectivity index (χ1v) is 7.76. The average molecular weight is 310 g/mol. The third-order valence-electron chi connectivity index (χ3n) is 2.65. The maximum Gasteiger partial charge on any atom is 0.320 e. The molecule has 0 aromatic heterocycles. The molecular formula is C10H17NO8P-. The van der Waals surface area contributed by atoms with E-state index in [-0.39, 0.29) is 12.8 Å². The minimum atomic E-state index is -4.12. The van der Waals surface area contributed by atoms with Crippen molar-refractivity contribution in [2.24, 2.45) is 11.7 Å². The highest BCUT2D eigenvalue weighted by Gasteiger charge is 2.25. The highest BCUT2D eigenvalue weighted by atomic mass is 31.2. The van der Waals surface area contributed by atoms with Crippen molar-refractivity contribution in [2.75, 3.05) is 12.3 Å². The van der Waals surface area contributed by atoms with Crippen LogP contribution in [0.4, 0.5) is 0 Å². The van der Waals surface area contributed by atoms with E-state index in [0.717, 1.165) is 0 Å². The van der Waals surface area contributed by atoms with Gasteiger partial charge in [0.25, 0.3) is 0 Å². The third kappa shape index (κ3) is 7.88. The number of hydrogen-bond acceptors (Lipinski definition) is 6. The fourth-order valence-corrected chi connectivity index (χ4v) is 3.34. The minimum Gasteiger partial charge on any atom is -0.799 e. The van der Waals surface area contributed by atoms with Crippen LogP contribution in [0.15, 0.2) is 0 Å². The van der Waals surface area contributed by atoms with Crippen LogP contribution < -0.4 is 10.6 Å². The van der Waals surface area contributed by atoms with Gasteiger partial charge in [0, 0.05) is 20.0 Å². The lowest BCUT2D eigenvalue weighted by molar-refractivity contribution is -0.177. The molecule has 0 aliphatic rings. The second-order valence-corrected chi connectivity index (χ2v) is 6.86. The quantitative estimate of drug-likeness (QED) is 0.368. The predicted molar refractivity (Wildman–Crippen MR) is 65.6 cm³/mol. The highest BCUT2D eigenvalue weighted by molar-refractivity contribution is 7.56. The molecule has 0 saturated heterocycles. The summed E-state index contributed by atoms with van der Waals surface area (Å²) in [5.74, 6) is -5.28. The number of aliphatic carboxylic acids is 3. The van der Waals surface area contributed by atoms with E-state index in [0.29, 0.717) is 0 Å². The monoisotopic (exact) mass is 310 g/mol. The standard InChI is InChI=1S/C10H18NO8P/c11-7(10(16)17)3-4-20(18,19)5-6(9(14)15)1-2-8(12)13/h6-7H,1-5,11H2,(H,12,13)(H,14,15)(H,16,17)(H,18,19)/p-1. The minimum absolute atomic E-state index is 0.304. The summed E-state index contributed by atoms with van der Waals surface area (Å²) in [4.78, 5) is 43.4. The van der Waals surface area contributed by atoms with Gasteiger partial charge in [-0.2, -0.15) is 0 Å². The molecule has 0 saturated carbocycles. The average Bonchev–Trinajstić information content (AvgIpc) is 2.30. The molecule has 5 N–H and O–H groups in total. The fourth-order valence-electron chi connectivity index (χ4n) is 1.48. The van der Waals surface area contributed by atoms with Crippen molar-refractivity contribution < 1.29 is 39.2 Å². The van der Waals surface area contributed by atoms with Gasteiger partial charge in [0.05, 0.1) is 5.92 Å². The second-order valence-electron chi connectivity index (χ2n) is 4.42. The molecule has 116 valence electrons. The molecule has 20 heavy (non-hydrogen) atoms. The van der Waals surface area contributed by atoms with Crippen LogP contribution in [-0.4, -0.2) is 51.6 Å². The molecule has 0 spiro atoms. The van der Waals surface area contributed by atoms with E-state index in [4.69, 9.17) is 21.1 Å². The van der Waals surface area contributed by atoms with E-state index in [1.54, 1.807) is 0 Å². The molecule has 0 amide bonds. The Labute approximate surface area is 114 Å². The summed E-state index contributed by atoms with van der Waals surface area (Å²) in [6, 6.07) is -1.33. The maximum absolute atomic E-state index is 11.7. The number of carbonyl (C=O) groups is 3. The highest BCUT2D eigenvalue weighted by Crippen LogP contribution is 2.39. The Hall–Kier alpha value is -1.44. The van der Waals surface area contributed by atoms with Crippen molar-refractivity contribution in [3.63, 3.8) is 0 Å².